The van der Waals surface area contributed by atoms with Crippen LogP contribution in [0.4, 0.5) is 0 Å². The number of aromatic nitrogens is 2. The van der Waals surface area contributed by atoms with Gasteiger partial charge in [-0.3, -0.25) is 18.7 Å². The number of aryl methyl sites for hydroxylation is 1. The highest BCUT2D eigenvalue weighted by Gasteiger charge is 2.16. The SMILES string of the molecule is CCCCn1c(=O)c2ccc(C(=O)NCCCN3CCC(C)CC3)cc2n(C)c1=O. The van der Waals surface area contributed by atoms with Crippen molar-refractivity contribution in [2.45, 2.75) is 52.5 Å². The summed E-state index contributed by atoms with van der Waals surface area (Å²) in [5, 5.41) is 3.43. The van der Waals surface area contributed by atoms with Crippen molar-refractivity contribution in [1.82, 2.24) is 19.4 Å². The summed E-state index contributed by atoms with van der Waals surface area (Å²) >= 11 is 0. The number of carbonyl (C=O) groups is 1. The molecule has 7 nitrogen and oxygen atoms in total. The third kappa shape index (κ3) is 5.01. The van der Waals surface area contributed by atoms with Crippen molar-refractivity contribution in [2.75, 3.05) is 26.2 Å². The van der Waals surface area contributed by atoms with E-state index in [9.17, 15) is 14.4 Å². The van der Waals surface area contributed by atoms with Gasteiger partial charge in [-0.15, -0.1) is 0 Å². The van der Waals surface area contributed by atoms with Gasteiger partial charge < -0.3 is 10.2 Å². The van der Waals surface area contributed by atoms with E-state index < -0.39 is 0 Å². The lowest BCUT2D eigenvalue weighted by Gasteiger charge is -2.30. The monoisotopic (exact) mass is 414 g/mol. The summed E-state index contributed by atoms with van der Waals surface area (Å²) in [4.78, 5) is 40.3. The van der Waals surface area contributed by atoms with Crippen LogP contribution in [0.3, 0.4) is 0 Å². The highest BCUT2D eigenvalue weighted by atomic mass is 16.2. The minimum absolute atomic E-state index is 0.174. The molecule has 1 aliphatic heterocycles. The minimum Gasteiger partial charge on any atom is -0.352 e. The van der Waals surface area contributed by atoms with E-state index in [1.807, 2.05) is 6.92 Å². The maximum Gasteiger partial charge on any atom is 0.331 e. The number of fused-ring (bicyclic) bond motifs is 1. The summed E-state index contributed by atoms with van der Waals surface area (Å²) in [6.07, 6.45) is 5.10. The Morgan fingerprint density at radius 2 is 1.87 bits per heavy atom. The molecule has 1 amide bonds. The smallest absolute Gasteiger partial charge is 0.331 e. The first-order valence-electron chi connectivity index (χ1n) is 11.2. The van der Waals surface area contributed by atoms with Gasteiger partial charge in [-0.25, -0.2) is 4.79 Å². The van der Waals surface area contributed by atoms with Crippen LogP contribution in [-0.4, -0.2) is 46.1 Å². The number of carbonyl (C=O) groups excluding carboxylic acids is 1. The second-order valence-corrected chi connectivity index (χ2v) is 8.52. The largest absolute Gasteiger partial charge is 0.352 e. The molecule has 0 spiro atoms. The van der Waals surface area contributed by atoms with Crippen LogP contribution in [0.2, 0.25) is 0 Å². The number of unbranched alkanes of at least 4 members (excludes halogenated alkanes) is 1. The van der Waals surface area contributed by atoms with Crippen molar-refractivity contribution >= 4 is 16.8 Å². The van der Waals surface area contributed by atoms with Crippen LogP contribution < -0.4 is 16.6 Å². The van der Waals surface area contributed by atoms with Crippen molar-refractivity contribution in [3.63, 3.8) is 0 Å². The first-order chi connectivity index (χ1) is 14.4. The van der Waals surface area contributed by atoms with Gasteiger partial charge in [0.2, 0.25) is 0 Å². The molecule has 0 radical (unpaired) electrons. The van der Waals surface area contributed by atoms with Crippen molar-refractivity contribution in [1.29, 1.82) is 0 Å². The van der Waals surface area contributed by atoms with Crippen LogP contribution in [0.25, 0.3) is 10.9 Å². The number of piperidine rings is 1. The zero-order chi connectivity index (χ0) is 21.7. The molecule has 30 heavy (non-hydrogen) atoms. The van der Waals surface area contributed by atoms with Crippen molar-refractivity contribution < 1.29 is 4.79 Å². The van der Waals surface area contributed by atoms with Crippen molar-refractivity contribution in [3.8, 4) is 0 Å². The zero-order valence-corrected chi connectivity index (χ0v) is 18.4. The first-order valence-corrected chi connectivity index (χ1v) is 11.2. The van der Waals surface area contributed by atoms with Gasteiger partial charge in [-0.1, -0.05) is 20.3 Å². The normalized spacial score (nSPS) is 15.6. The van der Waals surface area contributed by atoms with E-state index in [0.29, 0.717) is 29.6 Å². The van der Waals surface area contributed by atoms with Gasteiger partial charge in [0.15, 0.2) is 0 Å². The molecular weight excluding hydrogens is 380 g/mol. The third-order valence-electron chi connectivity index (χ3n) is 6.16. The number of nitrogens with zero attached hydrogens (tertiary/aromatic N) is 3. The molecule has 2 aromatic rings. The molecule has 164 valence electrons. The molecule has 3 rings (SSSR count). The van der Waals surface area contributed by atoms with Crippen molar-refractivity contribution in [2.24, 2.45) is 13.0 Å². The minimum atomic E-state index is -0.339. The zero-order valence-electron chi connectivity index (χ0n) is 18.4. The summed E-state index contributed by atoms with van der Waals surface area (Å²) in [6, 6.07) is 4.97. The number of likely N-dealkylation sites (tertiary alicyclic amines) is 1. The van der Waals surface area contributed by atoms with Gasteiger partial charge in [0.1, 0.15) is 0 Å². The van der Waals surface area contributed by atoms with E-state index in [1.165, 1.54) is 22.0 Å². The van der Waals surface area contributed by atoms with E-state index in [-0.39, 0.29) is 17.2 Å². The predicted molar refractivity (Wildman–Crippen MR) is 120 cm³/mol. The first kappa shape index (κ1) is 22.3. The second-order valence-electron chi connectivity index (χ2n) is 8.52. The fourth-order valence-corrected chi connectivity index (χ4v) is 4.05. The van der Waals surface area contributed by atoms with Gasteiger partial charge in [0, 0.05) is 25.7 Å². The molecule has 1 N–H and O–H groups in total. The van der Waals surface area contributed by atoms with Crippen LogP contribution in [0, 0.1) is 5.92 Å². The third-order valence-corrected chi connectivity index (χ3v) is 6.16. The molecule has 0 bridgehead atoms. The van der Waals surface area contributed by atoms with Crippen LogP contribution in [0.5, 0.6) is 0 Å². The summed E-state index contributed by atoms with van der Waals surface area (Å²) in [7, 11) is 1.65. The van der Waals surface area contributed by atoms with Gasteiger partial charge >= 0.3 is 5.69 Å². The summed E-state index contributed by atoms with van der Waals surface area (Å²) in [5.74, 6) is 0.646. The van der Waals surface area contributed by atoms with Gasteiger partial charge in [-0.2, -0.15) is 0 Å². The number of nitrogens with one attached hydrogen (secondary N) is 1. The van der Waals surface area contributed by atoms with Crippen LogP contribution >= 0.6 is 0 Å². The molecule has 0 aliphatic carbocycles. The molecule has 0 unspecified atom stereocenters. The summed E-state index contributed by atoms with van der Waals surface area (Å²) in [5.41, 5.74) is 0.335. The Morgan fingerprint density at radius 1 is 1.13 bits per heavy atom. The molecule has 0 saturated carbocycles. The Bertz CT molecular complexity index is 1000. The van der Waals surface area contributed by atoms with E-state index >= 15 is 0 Å². The Hall–Kier alpha value is -2.41. The highest BCUT2D eigenvalue weighted by Crippen LogP contribution is 2.16. The summed E-state index contributed by atoms with van der Waals surface area (Å²) in [6.45, 7) is 8.63. The topological polar surface area (TPSA) is 76.3 Å². The fourth-order valence-electron chi connectivity index (χ4n) is 4.05. The number of hydrogen-bond donors (Lipinski definition) is 1. The van der Waals surface area contributed by atoms with E-state index in [0.717, 1.165) is 44.8 Å². The maximum atomic E-state index is 12.7. The Morgan fingerprint density at radius 3 is 2.57 bits per heavy atom. The Kier molecular flexibility index (Phi) is 7.48. The lowest BCUT2D eigenvalue weighted by molar-refractivity contribution is 0.0950. The molecule has 7 heteroatoms. The quantitative estimate of drug-likeness (QED) is 0.673. The molecule has 1 aliphatic rings. The Balaban J connectivity index is 1.66. The predicted octanol–water partition coefficient (Wildman–Crippen LogP) is 2.35. The molecule has 2 heterocycles. The molecule has 1 fully saturated rings. The van der Waals surface area contributed by atoms with Crippen LogP contribution in [0.15, 0.2) is 27.8 Å². The van der Waals surface area contributed by atoms with E-state index in [2.05, 4.69) is 17.1 Å². The van der Waals surface area contributed by atoms with E-state index in [4.69, 9.17) is 0 Å². The molecule has 0 atom stereocenters. The summed E-state index contributed by atoms with van der Waals surface area (Å²) < 4.78 is 2.74. The number of rotatable bonds is 8. The average molecular weight is 415 g/mol. The fraction of sp³-hybridized carbons (Fsp3) is 0.609. The van der Waals surface area contributed by atoms with E-state index in [1.54, 1.807) is 25.2 Å². The number of hydrogen-bond acceptors (Lipinski definition) is 4. The van der Waals surface area contributed by atoms with Gasteiger partial charge in [-0.05, 0) is 69.4 Å². The lowest BCUT2D eigenvalue weighted by atomic mass is 9.99. The standard InChI is InChI=1S/C23H34N4O3/c1-4-5-13-27-22(29)19-8-7-18(16-20(19)25(3)23(27)30)21(28)24-11-6-12-26-14-9-17(2)10-15-26/h7-8,16-17H,4-6,9-15H2,1-3H3,(H,24,28). The highest BCUT2D eigenvalue weighted by molar-refractivity contribution is 5.97. The average Bonchev–Trinajstić information content (AvgIpc) is 2.76. The second kappa shape index (κ2) is 10.1. The lowest BCUT2D eigenvalue weighted by Crippen LogP contribution is -2.39. The molecule has 1 aromatic heterocycles. The molecular formula is C23H34N4O3. The van der Waals surface area contributed by atoms with Crippen LogP contribution in [-0.2, 0) is 13.6 Å². The molecule has 1 saturated heterocycles. The van der Waals surface area contributed by atoms with Gasteiger partial charge in [0.25, 0.3) is 11.5 Å². The van der Waals surface area contributed by atoms with Crippen molar-refractivity contribution in [3.05, 3.63) is 44.6 Å². The maximum absolute atomic E-state index is 12.7. The number of benzene rings is 1. The van der Waals surface area contributed by atoms with Crippen LogP contribution in [0.1, 0.15) is 56.3 Å². The molecule has 1 aromatic carbocycles. The van der Waals surface area contributed by atoms with Gasteiger partial charge in [0.05, 0.1) is 10.9 Å². The number of amides is 1. The Labute approximate surface area is 177 Å².